The summed E-state index contributed by atoms with van der Waals surface area (Å²) in [5.74, 6) is -0.523. The molecule has 0 saturated heterocycles. The summed E-state index contributed by atoms with van der Waals surface area (Å²) in [6.45, 7) is 1.40. The van der Waals surface area contributed by atoms with E-state index in [4.69, 9.17) is 4.74 Å². The smallest absolute Gasteiger partial charge is 0.416 e. The normalized spacial score (nSPS) is 11.1. The first-order valence-electron chi connectivity index (χ1n) is 6.24. The van der Waals surface area contributed by atoms with Crippen LogP contribution < -0.4 is 10.1 Å². The number of benzene rings is 1. The molecule has 0 aliphatic carbocycles. The molecule has 0 aliphatic rings. The van der Waals surface area contributed by atoms with Gasteiger partial charge in [-0.2, -0.15) is 13.2 Å². The Morgan fingerprint density at radius 2 is 1.91 bits per heavy atom. The number of anilines is 1. The topological polar surface area (TPSA) is 64.1 Å². The largest absolute Gasteiger partial charge is 0.453 e. The van der Waals surface area contributed by atoms with Crippen LogP contribution in [0.5, 0.6) is 6.01 Å². The molecule has 2 rings (SSSR count). The average molecular weight is 311 g/mol. The Kier molecular flexibility index (Phi) is 4.59. The summed E-state index contributed by atoms with van der Waals surface area (Å²) in [5.41, 5.74) is 0.148. The molecule has 0 atom stereocenters. The van der Waals surface area contributed by atoms with E-state index >= 15 is 0 Å². The number of aromatic nitrogens is 2. The number of amides is 1. The van der Waals surface area contributed by atoms with Gasteiger partial charge >= 0.3 is 12.2 Å². The van der Waals surface area contributed by atoms with Gasteiger partial charge in [-0.25, -0.2) is 9.97 Å². The summed E-state index contributed by atoms with van der Waals surface area (Å²) in [6, 6.07) is 5.85. The molecule has 1 aromatic carbocycles. The van der Waals surface area contributed by atoms with Gasteiger partial charge in [0.1, 0.15) is 0 Å². The summed E-state index contributed by atoms with van der Waals surface area (Å²) >= 11 is 0. The highest BCUT2D eigenvalue weighted by atomic mass is 19.4. The van der Waals surface area contributed by atoms with E-state index in [1.165, 1.54) is 18.3 Å². The van der Waals surface area contributed by atoms with Crippen LogP contribution in [0.1, 0.15) is 11.3 Å². The van der Waals surface area contributed by atoms with Crippen LogP contribution in [0.3, 0.4) is 0 Å². The third-order valence-corrected chi connectivity index (χ3v) is 2.60. The number of carbonyl (C=O) groups excluding carboxylic acids is 1. The minimum absolute atomic E-state index is 0.0579. The third kappa shape index (κ3) is 4.44. The van der Waals surface area contributed by atoms with Crippen molar-refractivity contribution < 1.29 is 22.7 Å². The van der Waals surface area contributed by atoms with E-state index < -0.39 is 17.6 Å². The second-order valence-corrected chi connectivity index (χ2v) is 4.39. The van der Waals surface area contributed by atoms with Crippen LogP contribution in [0.15, 0.2) is 36.5 Å². The van der Waals surface area contributed by atoms with Gasteiger partial charge < -0.3 is 10.1 Å². The maximum absolute atomic E-state index is 12.4. The van der Waals surface area contributed by atoms with Crippen molar-refractivity contribution in [1.82, 2.24) is 9.97 Å². The number of nitrogens with one attached hydrogen (secondary N) is 1. The minimum atomic E-state index is -4.41. The lowest BCUT2D eigenvalue weighted by atomic mass is 10.2. The first kappa shape index (κ1) is 15.7. The predicted molar refractivity (Wildman–Crippen MR) is 72.3 cm³/mol. The van der Waals surface area contributed by atoms with E-state index in [-0.39, 0.29) is 18.3 Å². The zero-order valence-electron chi connectivity index (χ0n) is 11.5. The van der Waals surface area contributed by atoms with Crippen LogP contribution in [0, 0.1) is 6.92 Å². The summed E-state index contributed by atoms with van der Waals surface area (Å²) in [5, 5.41) is 2.42. The molecule has 1 N–H and O–H groups in total. The third-order valence-electron chi connectivity index (χ3n) is 2.60. The molecule has 0 radical (unpaired) electrons. The van der Waals surface area contributed by atoms with Gasteiger partial charge in [0.15, 0.2) is 6.61 Å². The van der Waals surface area contributed by atoms with Gasteiger partial charge in [-0.3, -0.25) is 4.79 Å². The van der Waals surface area contributed by atoms with Crippen LogP contribution in [-0.2, 0) is 11.0 Å². The number of aryl methyl sites for hydroxylation is 1. The van der Waals surface area contributed by atoms with Crippen molar-refractivity contribution in [3.63, 3.8) is 0 Å². The van der Waals surface area contributed by atoms with Gasteiger partial charge in [0, 0.05) is 17.6 Å². The fraction of sp³-hybridized carbons (Fsp3) is 0.214. The molecule has 1 amide bonds. The number of hydrogen-bond acceptors (Lipinski definition) is 4. The standard InChI is InChI=1S/C14H12F3N3O2/c1-9-6-7-18-13(19-9)22-8-12(21)20-11-4-2-10(3-5-11)14(15,16)17/h2-7H,8H2,1H3,(H,20,21). The molecule has 0 aliphatic heterocycles. The molecule has 22 heavy (non-hydrogen) atoms. The summed E-state index contributed by atoms with van der Waals surface area (Å²) in [7, 11) is 0. The Balaban J connectivity index is 1.89. The fourth-order valence-corrected chi connectivity index (χ4v) is 1.57. The predicted octanol–water partition coefficient (Wildman–Crippen LogP) is 2.82. The van der Waals surface area contributed by atoms with Crippen molar-refractivity contribution >= 4 is 11.6 Å². The first-order chi connectivity index (χ1) is 10.3. The van der Waals surface area contributed by atoms with E-state index in [1.54, 1.807) is 13.0 Å². The number of hydrogen-bond donors (Lipinski definition) is 1. The van der Waals surface area contributed by atoms with Gasteiger partial charge in [-0.15, -0.1) is 0 Å². The average Bonchev–Trinajstić information content (AvgIpc) is 2.45. The lowest BCUT2D eigenvalue weighted by Gasteiger charge is -2.09. The van der Waals surface area contributed by atoms with Crippen molar-refractivity contribution in [2.45, 2.75) is 13.1 Å². The molecule has 0 bridgehead atoms. The van der Waals surface area contributed by atoms with Crippen molar-refractivity contribution in [3.05, 3.63) is 47.8 Å². The molecule has 0 fully saturated rings. The van der Waals surface area contributed by atoms with Crippen molar-refractivity contribution in [1.29, 1.82) is 0 Å². The fourth-order valence-electron chi connectivity index (χ4n) is 1.57. The number of halogens is 3. The van der Waals surface area contributed by atoms with Gasteiger partial charge in [0.25, 0.3) is 5.91 Å². The van der Waals surface area contributed by atoms with E-state index in [9.17, 15) is 18.0 Å². The summed E-state index contributed by atoms with van der Waals surface area (Å²) < 4.78 is 42.3. The monoisotopic (exact) mass is 311 g/mol. The summed E-state index contributed by atoms with van der Waals surface area (Å²) in [6.07, 6.45) is -2.92. The molecular formula is C14H12F3N3O2. The zero-order chi connectivity index (χ0) is 16.2. The number of alkyl halides is 3. The highest BCUT2D eigenvalue weighted by Gasteiger charge is 2.29. The molecule has 5 nitrogen and oxygen atoms in total. The van der Waals surface area contributed by atoms with Crippen LogP contribution in [-0.4, -0.2) is 22.5 Å². The van der Waals surface area contributed by atoms with Crippen LogP contribution in [0.25, 0.3) is 0 Å². The Labute approximate surface area is 124 Å². The highest BCUT2D eigenvalue weighted by molar-refractivity contribution is 5.91. The molecule has 1 heterocycles. The van der Waals surface area contributed by atoms with E-state index in [2.05, 4.69) is 15.3 Å². The Morgan fingerprint density at radius 3 is 2.50 bits per heavy atom. The lowest BCUT2D eigenvalue weighted by molar-refractivity contribution is -0.137. The molecule has 0 unspecified atom stereocenters. The van der Waals surface area contributed by atoms with E-state index in [0.717, 1.165) is 12.1 Å². The molecule has 0 saturated carbocycles. The minimum Gasteiger partial charge on any atom is -0.453 e. The zero-order valence-corrected chi connectivity index (χ0v) is 11.5. The Morgan fingerprint density at radius 1 is 1.23 bits per heavy atom. The number of ether oxygens (including phenoxy) is 1. The maximum atomic E-state index is 12.4. The van der Waals surface area contributed by atoms with E-state index in [1.807, 2.05) is 0 Å². The van der Waals surface area contributed by atoms with Gasteiger partial charge in [0.05, 0.1) is 5.56 Å². The highest BCUT2D eigenvalue weighted by Crippen LogP contribution is 2.29. The quantitative estimate of drug-likeness (QED) is 0.943. The van der Waals surface area contributed by atoms with Gasteiger partial charge in [-0.1, -0.05) is 0 Å². The van der Waals surface area contributed by atoms with Crippen molar-refractivity contribution in [2.75, 3.05) is 11.9 Å². The second-order valence-electron chi connectivity index (χ2n) is 4.39. The lowest BCUT2D eigenvalue weighted by Crippen LogP contribution is -2.21. The second kappa shape index (κ2) is 6.42. The number of nitrogens with zero attached hydrogens (tertiary/aromatic N) is 2. The number of rotatable bonds is 4. The molecule has 8 heteroatoms. The van der Waals surface area contributed by atoms with Gasteiger partial charge in [0.2, 0.25) is 0 Å². The van der Waals surface area contributed by atoms with Crippen molar-refractivity contribution in [3.8, 4) is 6.01 Å². The first-order valence-corrected chi connectivity index (χ1v) is 6.24. The van der Waals surface area contributed by atoms with Crippen LogP contribution >= 0.6 is 0 Å². The molecule has 2 aromatic rings. The number of carbonyl (C=O) groups is 1. The Hall–Kier alpha value is -2.64. The van der Waals surface area contributed by atoms with Gasteiger partial charge in [-0.05, 0) is 37.3 Å². The van der Waals surface area contributed by atoms with Crippen LogP contribution in [0.4, 0.5) is 18.9 Å². The molecular weight excluding hydrogens is 299 g/mol. The summed E-state index contributed by atoms with van der Waals surface area (Å²) in [4.78, 5) is 19.4. The SMILES string of the molecule is Cc1ccnc(OCC(=O)Nc2ccc(C(F)(F)F)cc2)n1. The Bertz CT molecular complexity index is 657. The molecule has 116 valence electrons. The molecule has 0 spiro atoms. The van der Waals surface area contributed by atoms with Crippen LogP contribution in [0.2, 0.25) is 0 Å². The van der Waals surface area contributed by atoms with Crippen molar-refractivity contribution in [2.24, 2.45) is 0 Å². The van der Waals surface area contributed by atoms with E-state index in [0.29, 0.717) is 5.69 Å². The molecule has 1 aromatic heterocycles. The maximum Gasteiger partial charge on any atom is 0.416 e.